The van der Waals surface area contributed by atoms with Crippen molar-refractivity contribution in [2.75, 3.05) is 44.6 Å². The monoisotopic (exact) mass is 333 g/mol. The highest BCUT2D eigenvalue weighted by molar-refractivity contribution is 5.93. The Kier molecular flexibility index (Phi) is 6.61. The molecule has 1 saturated heterocycles. The molecule has 0 bridgehead atoms. The molecule has 1 N–H and O–H groups in total. The lowest BCUT2D eigenvalue weighted by molar-refractivity contribution is -0.117. The molecule has 1 heterocycles. The van der Waals surface area contributed by atoms with E-state index in [0.29, 0.717) is 45.2 Å². The lowest BCUT2D eigenvalue weighted by Gasteiger charge is -2.33. The normalized spacial score (nSPS) is 15.4. The highest BCUT2D eigenvalue weighted by Gasteiger charge is 2.23. The fourth-order valence-corrected chi connectivity index (χ4v) is 2.81. The summed E-state index contributed by atoms with van der Waals surface area (Å²) in [4.78, 5) is 27.7. The zero-order valence-electron chi connectivity index (χ0n) is 14.7. The summed E-state index contributed by atoms with van der Waals surface area (Å²) in [6.45, 7) is 9.28. The Bertz CT molecular complexity index is 566. The Balaban J connectivity index is 1.83. The first-order valence-corrected chi connectivity index (χ1v) is 8.54. The number of para-hydroxylation sites is 1. The Labute approximate surface area is 143 Å². The van der Waals surface area contributed by atoms with E-state index in [0.717, 1.165) is 11.3 Å². The lowest BCUT2D eigenvalue weighted by atomic mass is 10.0. The molecule has 0 atom stereocenters. The Morgan fingerprint density at radius 3 is 2.46 bits per heavy atom. The number of amides is 2. The molecule has 6 heteroatoms. The van der Waals surface area contributed by atoms with Gasteiger partial charge in [-0.05, 0) is 24.5 Å². The molecule has 1 aliphatic heterocycles. The van der Waals surface area contributed by atoms with Crippen molar-refractivity contribution in [2.45, 2.75) is 26.7 Å². The fourth-order valence-electron chi connectivity index (χ4n) is 2.81. The molecule has 1 aromatic rings. The van der Waals surface area contributed by atoms with E-state index in [9.17, 15) is 9.59 Å². The number of nitrogens with zero attached hydrogens (tertiary/aromatic N) is 2. The lowest BCUT2D eigenvalue weighted by Crippen LogP contribution is -2.50. The van der Waals surface area contributed by atoms with Crippen LogP contribution in [0.25, 0.3) is 0 Å². The first-order chi connectivity index (χ1) is 11.5. The van der Waals surface area contributed by atoms with Gasteiger partial charge in [-0.1, -0.05) is 32.0 Å². The largest absolute Gasteiger partial charge is 0.450 e. The van der Waals surface area contributed by atoms with E-state index in [-0.39, 0.29) is 12.0 Å². The average Bonchev–Trinajstić information content (AvgIpc) is 2.56. The summed E-state index contributed by atoms with van der Waals surface area (Å²) in [7, 11) is 0. The summed E-state index contributed by atoms with van der Waals surface area (Å²) >= 11 is 0. The summed E-state index contributed by atoms with van der Waals surface area (Å²) in [5.74, 6) is 0.335. The van der Waals surface area contributed by atoms with Crippen LogP contribution >= 0.6 is 0 Å². The summed E-state index contributed by atoms with van der Waals surface area (Å²) < 4.78 is 5.00. The predicted molar refractivity (Wildman–Crippen MR) is 94.2 cm³/mol. The van der Waals surface area contributed by atoms with E-state index >= 15 is 0 Å². The van der Waals surface area contributed by atoms with E-state index in [1.54, 1.807) is 11.8 Å². The van der Waals surface area contributed by atoms with Crippen LogP contribution in [0.4, 0.5) is 10.5 Å². The first-order valence-electron chi connectivity index (χ1n) is 8.54. The molecular weight excluding hydrogens is 306 g/mol. The summed E-state index contributed by atoms with van der Waals surface area (Å²) in [5.41, 5.74) is 2.01. The Morgan fingerprint density at radius 1 is 1.17 bits per heavy atom. The molecule has 0 spiro atoms. The minimum Gasteiger partial charge on any atom is -0.450 e. The van der Waals surface area contributed by atoms with Gasteiger partial charge in [0.15, 0.2) is 0 Å². The molecule has 1 aromatic carbocycles. The van der Waals surface area contributed by atoms with Crippen LogP contribution in [0.5, 0.6) is 0 Å². The van der Waals surface area contributed by atoms with Crippen molar-refractivity contribution in [2.24, 2.45) is 0 Å². The van der Waals surface area contributed by atoms with Crippen molar-refractivity contribution in [3.05, 3.63) is 29.8 Å². The molecule has 0 saturated carbocycles. The molecule has 1 fully saturated rings. The third-order valence-corrected chi connectivity index (χ3v) is 4.12. The van der Waals surface area contributed by atoms with Gasteiger partial charge in [-0.25, -0.2) is 4.79 Å². The predicted octanol–water partition coefficient (Wildman–Crippen LogP) is 2.52. The maximum atomic E-state index is 12.3. The number of piperazine rings is 1. The van der Waals surface area contributed by atoms with Gasteiger partial charge in [0, 0.05) is 31.9 Å². The number of benzene rings is 1. The van der Waals surface area contributed by atoms with E-state index in [1.807, 2.05) is 24.3 Å². The van der Waals surface area contributed by atoms with Gasteiger partial charge in [-0.15, -0.1) is 0 Å². The van der Waals surface area contributed by atoms with E-state index < -0.39 is 0 Å². The maximum Gasteiger partial charge on any atom is 0.409 e. The second-order valence-electron chi connectivity index (χ2n) is 6.25. The minimum absolute atomic E-state index is 0.0207. The zero-order chi connectivity index (χ0) is 17.5. The van der Waals surface area contributed by atoms with Crippen molar-refractivity contribution in [1.29, 1.82) is 0 Å². The smallest absolute Gasteiger partial charge is 0.409 e. The third-order valence-electron chi connectivity index (χ3n) is 4.12. The Morgan fingerprint density at radius 2 is 1.83 bits per heavy atom. The van der Waals surface area contributed by atoms with Gasteiger partial charge in [0.05, 0.1) is 13.2 Å². The molecule has 0 aliphatic carbocycles. The summed E-state index contributed by atoms with van der Waals surface area (Å²) in [5, 5.41) is 3.01. The van der Waals surface area contributed by atoms with Crippen LogP contribution in [-0.4, -0.2) is 61.1 Å². The van der Waals surface area contributed by atoms with Crippen LogP contribution in [0, 0.1) is 0 Å². The van der Waals surface area contributed by atoms with E-state index in [1.165, 1.54) is 0 Å². The molecule has 24 heavy (non-hydrogen) atoms. The topological polar surface area (TPSA) is 61.9 Å². The SMILES string of the molecule is CCOC(=O)N1CCN(CC(=O)Nc2ccccc2C(C)C)CC1. The van der Waals surface area contributed by atoms with Crippen LogP contribution in [0.1, 0.15) is 32.3 Å². The zero-order valence-corrected chi connectivity index (χ0v) is 14.7. The standard InChI is InChI=1S/C18H27N3O3/c1-4-24-18(23)21-11-9-20(10-12-21)13-17(22)19-16-8-6-5-7-15(16)14(2)3/h5-8,14H,4,9-13H2,1-3H3,(H,19,22). The molecular formula is C18H27N3O3. The number of hydrogen-bond acceptors (Lipinski definition) is 4. The molecule has 6 nitrogen and oxygen atoms in total. The van der Waals surface area contributed by atoms with Crippen molar-refractivity contribution >= 4 is 17.7 Å². The average molecular weight is 333 g/mol. The highest BCUT2D eigenvalue weighted by atomic mass is 16.6. The van der Waals surface area contributed by atoms with Crippen LogP contribution < -0.4 is 5.32 Å². The number of ether oxygens (including phenoxy) is 1. The molecule has 132 valence electrons. The number of carbonyl (C=O) groups excluding carboxylic acids is 2. The number of hydrogen-bond donors (Lipinski definition) is 1. The van der Waals surface area contributed by atoms with Crippen LogP contribution in [-0.2, 0) is 9.53 Å². The van der Waals surface area contributed by atoms with Gasteiger partial charge < -0.3 is 15.0 Å². The summed E-state index contributed by atoms with van der Waals surface area (Å²) in [6.07, 6.45) is -0.271. The van der Waals surface area contributed by atoms with Gasteiger partial charge in [0.25, 0.3) is 0 Å². The molecule has 1 aliphatic rings. The quantitative estimate of drug-likeness (QED) is 0.899. The van der Waals surface area contributed by atoms with Crippen molar-refractivity contribution in [3.8, 4) is 0 Å². The fraction of sp³-hybridized carbons (Fsp3) is 0.556. The van der Waals surface area contributed by atoms with Gasteiger partial charge in [-0.3, -0.25) is 9.69 Å². The molecule has 0 radical (unpaired) electrons. The van der Waals surface area contributed by atoms with E-state index in [4.69, 9.17) is 4.74 Å². The number of anilines is 1. The van der Waals surface area contributed by atoms with Gasteiger partial charge in [0.2, 0.25) is 5.91 Å². The third kappa shape index (κ3) is 4.96. The molecule has 2 rings (SSSR count). The van der Waals surface area contributed by atoms with Crippen LogP contribution in [0.3, 0.4) is 0 Å². The van der Waals surface area contributed by atoms with Crippen LogP contribution in [0.15, 0.2) is 24.3 Å². The maximum absolute atomic E-state index is 12.3. The van der Waals surface area contributed by atoms with Crippen molar-refractivity contribution in [1.82, 2.24) is 9.80 Å². The van der Waals surface area contributed by atoms with Gasteiger partial charge >= 0.3 is 6.09 Å². The van der Waals surface area contributed by atoms with Gasteiger partial charge in [-0.2, -0.15) is 0 Å². The minimum atomic E-state index is -0.271. The Hall–Kier alpha value is -2.08. The first kappa shape index (κ1) is 18.3. The molecule has 0 unspecified atom stereocenters. The second-order valence-corrected chi connectivity index (χ2v) is 6.25. The second kappa shape index (κ2) is 8.68. The van der Waals surface area contributed by atoms with Crippen molar-refractivity contribution < 1.29 is 14.3 Å². The van der Waals surface area contributed by atoms with Crippen LogP contribution in [0.2, 0.25) is 0 Å². The number of nitrogens with one attached hydrogen (secondary N) is 1. The van der Waals surface area contributed by atoms with Gasteiger partial charge in [0.1, 0.15) is 0 Å². The molecule has 2 amide bonds. The highest BCUT2D eigenvalue weighted by Crippen LogP contribution is 2.23. The number of carbonyl (C=O) groups is 2. The van der Waals surface area contributed by atoms with Crippen molar-refractivity contribution in [3.63, 3.8) is 0 Å². The summed E-state index contributed by atoms with van der Waals surface area (Å²) in [6, 6.07) is 7.89. The van der Waals surface area contributed by atoms with E-state index in [2.05, 4.69) is 24.1 Å². The number of rotatable bonds is 5. The molecule has 0 aromatic heterocycles.